The van der Waals surface area contributed by atoms with E-state index in [9.17, 15) is 4.79 Å². The Morgan fingerprint density at radius 2 is 2.22 bits per heavy atom. The number of hydrogen-bond acceptors (Lipinski definition) is 5. The van der Waals surface area contributed by atoms with Gasteiger partial charge in [-0.2, -0.15) is 0 Å². The number of nitrogens with one attached hydrogen (secondary N) is 2. The first-order chi connectivity index (χ1) is 8.79. The lowest BCUT2D eigenvalue weighted by Gasteiger charge is -2.09. The molecular weight excluding hydrogens is 232 g/mol. The van der Waals surface area contributed by atoms with Crippen LogP contribution in [0.15, 0.2) is 12.1 Å². The molecule has 0 aliphatic carbocycles. The molecule has 1 aromatic rings. The van der Waals surface area contributed by atoms with Crippen LogP contribution < -0.4 is 10.6 Å². The molecule has 1 unspecified atom stereocenters. The fraction of sp³-hybridized carbons (Fsp3) is 0.583. The number of ether oxygens (including phenoxy) is 1. The van der Waals surface area contributed by atoms with Gasteiger partial charge >= 0.3 is 0 Å². The van der Waals surface area contributed by atoms with Crippen molar-refractivity contribution in [1.82, 2.24) is 10.2 Å². The minimum absolute atomic E-state index is 0.143. The monoisotopic (exact) mass is 250 g/mol. The Balaban J connectivity index is 1.87. The van der Waals surface area contributed by atoms with Crippen molar-refractivity contribution in [3.63, 3.8) is 0 Å². The van der Waals surface area contributed by atoms with Crippen molar-refractivity contribution in [1.29, 1.82) is 0 Å². The second-order valence-corrected chi connectivity index (χ2v) is 4.22. The van der Waals surface area contributed by atoms with Gasteiger partial charge in [0.25, 0.3) is 5.91 Å². The lowest BCUT2D eigenvalue weighted by molar-refractivity contribution is -0.124. The summed E-state index contributed by atoms with van der Waals surface area (Å²) >= 11 is 0. The molecule has 0 saturated carbocycles. The predicted octanol–water partition coefficient (Wildman–Crippen LogP) is 1.42. The molecule has 98 valence electrons. The zero-order valence-electron chi connectivity index (χ0n) is 10.5. The second-order valence-electron chi connectivity index (χ2n) is 4.22. The summed E-state index contributed by atoms with van der Waals surface area (Å²) in [6.45, 7) is 3.59. The number of anilines is 2. The Bertz CT molecular complexity index is 388. The molecule has 0 spiro atoms. The summed E-state index contributed by atoms with van der Waals surface area (Å²) in [7, 11) is 0. The van der Waals surface area contributed by atoms with Gasteiger partial charge in [-0.25, -0.2) is 0 Å². The van der Waals surface area contributed by atoms with Crippen LogP contribution in [0.3, 0.4) is 0 Å². The molecule has 1 fully saturated rings. The summed E-state index contributed by atoms with van der Waals surface area (Å²) in [6, 6.07) is 3.53. The van der Waals surface area contributed by atoms with Crippen molar-refractivity contribution in [2.45, 2.75) is 32.3 Å². The SMILES string of the molecule is CCCNc1ccc(NC(=O)C2CCCO2)nn1. The van der Waals surface area contributed by atoms with Crippen LogP contribution in [0.1, 0.15) is 26.2 Å². The third-order valence-electron chi connectivity index (χ3n) is 2.69. The van der Waals surface area contributed by atoms with Gasteiger partial charge < -0.3 is 15.4 Å². The quantitative estimate of drug-likeness (QED) is 0.826. The molecule has 1 saturated heterocycles. The molecular formula is C12H18N4O2. The highest BCUT2D eigenvalue weighted by Gasteiger charge is 2.23. The van der Waals surface area contributed by atoms with Crippen LogP contribution in [-0.4, -0.2) is 35.4 Å². The molecule has 1 aliphatic rings. The first-order valence-corrected chi connectivity index (χ1v) is 6.29. The number of carbonyl (C=O) groups excluding carboxylic acids is 1. The maximum absolute atomic E-state index is 11.8. The molecule has 1 atom stereocenters. The number of carbonyl (C=O) groups is 1. The smallest absolute Gasteiger partial charge is 0.254 e. The van der Waals surface area contributed by atoms with E-state index in [0.29, 0.717) is 18.2 Å². The van der Waals surface area contributed by atoms with Crippen LogP contribution in [-0.2, 0) is 9.53 Å². The molecule has 1 aromatic heterocycles. The lowest BCUT2D eigenvalue weighted by Crippen LogP contribution is -2.27. The molecule has 1 aliphatic heterocycles. The number of rotatable bonds is 5. The predicted molar refractivity (Wildman–Crippen MR) is 68.4 cm³/mol. The summed E-state index contributed by atoms with van der Waals surface area (Å²) in [5, 5.41) is 13.7. The summed E-state index contributed by atoms with van der Waals surface area (Å²) in [4.78, 5) is 11.8. The summed E-state index contributed by atoms with van der Waals surface area (Å²) in [5.74, 6) is 1.03. The van der Waals surface area contributed by atoms with E-state index in [2.05, 4.69) is 27.8 Å². The maximum atomic E-state index is 11.8. The Morgan fingerprint density at radius 3 is 2.83 bits per heavy atom. The molecule has 6 nitrogen and oxygen atoms in total. The average Bonchev–Trinajstić information content (AvgIpc) is 2.92. The molecule has 0 radical (unpaired) electrons. The number of amides is 1. The van der Waals surface area contributed by atoms with Crippen LogP contribution >= 0.6 is 0 Å². The van der Waals surface area contributed by atoms with Crippen molar-refractivity contribution < 1.29 is 9.53 Å². The van der Waals surface area contributed by atoms with Gasteiger partial charge in [-0.05, 0) is 31.4 Å². The summed E-state index contributed by atoms with van der Waals surface area (Å²) < 4.78 is 5.29. The maximum Gasteiger partial charge on any atom is 0.254 e. The van der Waals surface area contributed by atoms with Crippen LogP contribution in [0.25, 0.3) is 0 Å². The van der Waals surface area contributed by atoms with Gasteiger partial charge in [-0.3, -0.25) is 4.79 Å². The largest absolute Gasteiger partial charge is 0.369 e. The fourth-order valence-corrected chi connectivity index (χ4v) is 1.74. The van der Waals surface area contributed by atoms with Crippen LogP contribution in [0, 0.1) is 0 Å². The first kappa shape index (κ1) is 12.8. The molecule has 1 amide bonds. The number of aromatic nitrogens is 2. The van der Waals surface area contributed by atoms with Crippen molar-refractivity contribution >= 4 is 17.5 Å². The minimum atomic E-state index is -0.343. The molecule has 2 heterocycles. The van der Waals surface area contributed by atoms with Gasteiger partial charge in [0.2, 0.25) is 0 Å². The van der Waals surface area contributed by atoms with E-state index in [1.54, 1.807) is 12.1 Å². The first-order valence-electron chi connectivity index (χ1n) is 6.29. The van der Waals surface area contributed by atoms with E-state index in [1.165, 1.54) is 0 Å². The Hall–Kier alpha value is -1.69. The van der Waals surface area contributed by atoms with E-state index in [-0.39, 0.29) is 12.0 Å². The van der Waals surface area contributed by atoms with Crippen LogP contribution in [0.5, 0.6) is 0 Å². The molecule has 2 N–H and O–H groups in total. The van der Waals surface area contributed by atoms with Crippen molar-refractivity contribution in [2.75, 3.05) is 23.8 Å². The van der Waals surface area contributed by atoms with Crippen molar-refractivity contribution in [3.8, 4) is 0 Å². The highest BCUT2D eigenvalue weighted by molar-refractivity contribution is 5.93. The lowest BCUT2D eigenvalue weighted by atomic mass is 10.2. The summed E-state index contributed by atoms with van der Waals surface area (Å²) in [5.41, 5.74) is 0. The highest BCUT2D eigenvalue weighted by Crippen LogP contribution is 2.14. The highest BCUT2D eigenvalue weighted by atomic mass is 16.5. The average molecular weight is 250 g/mol. The van der Waals surface area contributed by atoms with Gasteiger partial charge in [0.05, 0.1) is 0 Å². The van der Waals surface area contributed by atoms with Gasteiger partial charge in [-0.1, -0.05) is 6.92 Å². The van der Waals surface area contributed by atoms with E-state index in [0.717, 1.165) is 25.8 Å². The second kappa shape index (κ2) is 6.30. The van der Waals surface area contributed by atoms with Gasteiger partial charge in [-0.15, -0.1) is 10.2 Å². The molecule has 0 bridgehead atoms. The van der Waals surface area contributed by atoms with E-state index < -0.39 is 0 Å². The third-order valence-corrected chi connectivity index (χ3v) is 2.69. The number of hydrogen-bond donors (Lipinski definition) is 2. The Labute approximate surface area is 106 Å². The zero-order chi connectivity index (χ0) is 12.8. The topological polar surface area (TPSA) is 76.1 Å². The van der Waals surface area contributed by atoms with Crippen molar-refractivity contribution in [2.24, 2.45) is 0 Å². The fourth-order valence-electron chi connectivity index (χ4n) is 1.74. The van der Waals surface area contributed by atoms with E-state index in [1.807, 2.05) is 0 Å². The molecule has 0 aromatic carbocycles. The summed E-state index contributed by atoms with van der Waals surface area (Å²) in [6.07, 6.45) is 2.39. The van der Waals surface area contributed by atoms with Crippen LogP contribution in [0.2, 0.25) is 0 Å². The van der Waals surface area contributed by atoms with Crippen LogP contribution in [0.4, 0.5) is 11.6 Å². The van der Waals surface area contributed by atoms with Gasteiger partial charge in [0.1, 0.15) is 11.9 Å². The molecule has 18 heavy (non-hydrogen) atoms. The van der Waals surface area contributed by atoms with E-state index in [4.69, 9.17) is 4.74 Å². The van der Waals surface area contributed by atoms with E-state index >= 15 is 0 Å². The zero-order valence-corrected chi connectivity index (χ0v) is 10.5. The minimum Gasteiger partial charge on any atom is -0.369 e. The Kier molecular flexibility index (Phi) is 4.46. The van der Waals surface area contributed by atoms with Gasteiger partial charge in [0, 0.05) is 13.2 Å². The number of nitrogens with zero attached hydrogens (tertiary/aromatic N) is 2. The van der Waals surface area contributed by atoms with Crippen molar-refractivity contribution in [3.05, 3.63) is 12.1 Å². The molecule has 6 heteroatoms. The Morgan fingerprint density at radius 1 is 1.44 bits per heavy atom. The van der Waals surface area contributed by atoms with Gasteiger partial charge in [0.15, 0.2) is 5.82 Å². The third kappa shape index (κ3) is 3.40. The molecule has 2 rings (SSSR count). The standard InChI is InChI=1S/C12H18N4O2/c1-2-7-13-10-5-6-11(16-15-10)14-12(17)9-4-3-8-18-9/h5-6,9H,2-4,7-8H2,1H3,(H,13,15)(H,14,16,17). The normalized spacial score (nSPS) is 18.6.